The third-order valence-corrected chi connectivity index (χ3v) is 5.94. The minimum atomic E-state index is -5.09. The number of nitro groups is 2. The summed E-state index contributed by atoms with van der Waals surface area (Å²) in [5, 5.41) is 39.1. The normalized spacial score (nSPS) is 11.6. The molecule has 176 valence electrons. The van der Waals surface area contributed by atoms with Gasteiger partial charge in [0.05, 0.1) is 20.8 Å². The zero-order valence-corrected chi connectivity index (χ0v) is 23.4. The van der Waals surface area contributed by atoms with Crippen LogP contribution in [0.2, 0.25) is 0 Å². The molecular formula is C16H12N4Na2O11S2. The molecule has 0 saturated heterocycles. The molecule has 0 aliphatic heterocycles. The molecule has 0 aliphatic rings. The molecule has 19 heteroatoms. The van der Waals surface area contributed by atoms with Gasteiger partial charge in [-0.05, 0) is 35.7 Å². The maximum atomic E-state index is 11.8. The van der Waals surface area contributed by atoms with Crippen LogP contribution in [-0.4, -0.2) is 40.9 Å². The van der Waals surface area contributed by atoms with Crippen molar-refractivity contribution in [3.8, 4) is 5.75 Å². The SMILES string of the molecule is O=[N+]([O-])c1ccc(N=Nc2c(S(=O)(=O)O)cc3cc(S(=O)(=O)O)ccc3c2O)c([N+](=O)[O-])c1.[H-].[H-].[Na+].[Na+]. The number of nitrogens with zero attached hydrogens (tertiary/aromatic N) is 4. The first-order chi connectivity index (χ1) is 15.2. The number of azo groups is 1. The smallest absolute Gasteiger partial charge is 1.00 e. The van der Waals surface area contributed by atoms with Crippen LogP contribution in [0.5, 0.6) is 5.75 Å². The monoisotopic (exact) mass is 546 g/mol. The maximum absolute atomic E-state index is 11.8. The zero-order valence-electron chi connectivity index (χ0n) is 19.8. The summed E-state index contributed by atoms with van der Waals surface area (Å²) < 4.78 is 65.0. The number of nitro benzene ring substituents is 2. The van der Waals surface area contributed by atoms with Crippen LogP contribution in [0.4, 0.5) is 22.7 Å². The van der Waals surface area contributed by atoms with E-state index in [0.717, 1.165) is 36.4 Å². The van der Waals surface area contributed by atoms with Crippen molar-refractivity contribution in [2.45, 2.75) is 9.79 Å². The van der Waals surface area contributed by atoms with Gasteiger partial charge in [0.15, 0.2) is 11.4 Å². The van der Waals surface area contributed by atoms with Crippen molar-refractivity contribution in [3.05, 3.63) is 62.7 Å². The maximum Gasteiger partial charge on any atom is 1.00 e. The third kappa shape index (κ3) is 6.79. The summed E-state index contributed by atoms with van der Waals surface area (Å²) in [5.41, 5.74) is -2.85. The predicted octanol–water partition coefficient (Wildman–Crippen LogP) is -2.50. The van der Waals surface area contributed by atoms with Crippen LogP contribution in [0.3, 0.4) is 0 Å². The molecular weight excluding hydrogens is 534 g/mol. The fourth-order valence-corrected chi connectivity index (χ4v) is 3.92. The van der Waals surface area contributed by atoms with E-state index in [9.17, 15) is 46.7 Å². The molecule has 0 atom stereocenters. The van der Waals surface area contributed by atoms with E-state index >= 15 is 0 Å². The molecule has 3 aromatic carbocycles. The summed E-state index contributed by atoms with van der Waals surface area (Å²) in [4.78, 5) is 18.5. The Morgan fingerprint density at radius 1 is 0.829 bits per heavy atom. The van der Waals surface area contributed by atoms with Crippen LogP contribution in [0.1, 0.15) is 2.85 Å². The molecule has 35 heavy (non-hydrogen) atoms. The minimum Gasteiger partial charge on any atom is -1.00 e. The van der Waals surface area contributed by atoms with E-state index in [1.165, 1.54) is 0 Å². The molecule has 3 N–H and O–H groups in total. The Hall–Kier alpha value is -2.06. The van der Waals surface area contributed by atoms with E-state index in [2.05, 4.69) is 10.2 Å². The van der Waals surface area contributed by atoms with Gasteiger partial charge < -0.3 is 7.96 Å². The first-order valence-electron chi connectivity index (χ1n) is 8.29. The molecule has 0 saturated carbocycles. The Kier molecular flexibility index (Phi) is 10.0. The van der Waals surface area contributed by atoms with Crippen molar-refractivity contribution >= 4 is 53.8 Å². The van der Waals surface area contributed by atoms with Crippen LogP contribution in [0, 0.1) is 20.2 Å². The third-order valence-electron chi connectivity index (χ3n) is 4.22. The number of non-ortho nitro benzene ring substituents is 1. The molecule has 0 heterocycles. The summed E-state index contributed by atoms with van der Waals surface area (Å²) in [5.74, 6) is -0.893. The molecule has 0 spiro atoms. The molecule has 0 aromatic heterocycles. The van der Waals surface area contributed by atoms with E-state index in [1.54, 1.807) is 0 Å². The molecule has 15 nitrogen and oxygen atoms in total. The Bertz CT molecular complexity index is 1600. The van der Waals surface area contributed by atoms with Crippen molar-refractivity contribution in [2.24, 2.45) is 10.2 Å². The number of fused-ring (bicyclic) bond motifs is 1. The summed E-state index contributed by atoms with van der Waals surface area (Å²) in [6.07, 6.45) is 0. The molecule has 0 unspecified atom stereocenters. The second-order valence-electron chi connectivity index (χ2n) is 6.29. The van der Waals surface area contributed by atoms with Gasteiger partial charge in [0, 0.05) is 11.5 Å². The van der Waals surface area contributed by atoms with Gasteiger partial charge in [-0.1, -0.05) is 0 Å². The standard InChI is InChI=1S/C16H10N4O11S2.2Na.2H/c21-16-11-3-2-10(32(26,27)28)5-8(11)6-14(33(29,30)31)15(16)18-17-12-4-1-9(19(22)23)7-13(12)20(24)25;;;;/h1-7,21H,(H,26,27,28)(H,29,30,31);;;;/q;2*+1;2*-1. The average molecular weight is 546 g/mol. The Morgan fingerprint density at radius 2 is 1.46 bits per heavy atom. The number of phenolic OH excluding ortho intramolecular Hbond substituents is 1. The van der Waals surface area contributed by atoms with Crippen LogP contribution in [0.25, 0.3) is 10.8 Å². The second-order valence-corrected chi connectivity index (χ2v) is 9.10. The van der Waals surface area contributed by atoms with Crippen molar-refractivity contribution in [2.75, 3.05) is 0 Å². The summed E-state index contributed by atoms with van der Waals surface area (Å²) in [6, 6.07) is 5.79. The molecule has 3 rings (SSSR count). The van der Waals surface area contributed by atoms with Crippen molar-refractivity contribution in [1.29, 1.82) is 0 Å². The van der Waals surface area contributed by atoms with Gasteiger partial charge in [0.25, 0.3) is 25.9 Å². The van der Waals surface area contributed by atoms with Crippen molar-refractivity contribution < 1.29 is 103 Å². The predicted molar refractivity (Wildman–Crippen MR) is 111 cm³/mol. The van der Waals surface area contributed by atoms with Gasteiger partial charge in [-0.3, -0.25) is 29.3 Å². The Balaban J connectivity index is 0. The number of rotatable bonds is 6. The quantitative estimate of drug-likeness (QED) is 0.0960. The number of hydrogen-bond acceptors (Lipinski definition) is 11. The molecule has 0 radical (unpaired) electrons. The van der Waals surface area contributed by atoms with Gasteiger partial charge in [-0.25, -0.2) is 0 Å². The molecule has 3 aromatic rings. The molecule has 0 bridgehead atoms. The first-order valence-corrected chi connectivity index (χ1v) is 11.2. The van der Waals surface area contributed by atoms with Crippen LogP contribution in [-0.2, 0) is 20.2 Å². The average Bonchev–Trinajstić information content (AvgIpc) is 2.70. The fourth-order valence-electron chi connectivity index (χ4n) is 2.74. The summed E-state index contributed by atoms with van der Waals surface area (Å²) in [7, 11) is -9.78. The van der Waals surface area contributed by atoms with Gasteiger partial charge >= 0.3 is 64.8 Å². The zero-order chi connectivity index (χ0) is 24.7. The molecule has 0 fully saturated rings. The Labute approximate surface area is 243 Å². The molecule has 0 aliphatic carbocycles. The van der Waals surface area contributed by atoms with Crippen molar-refractivity contribution in [1.82, 2.24) is 0 Å². The van der Waals surface area contributed by atoms with Gasteiger partial charge in [-0.2, -0.15) is 16.8 Å². The summed E-state index contributed by atoms with van der Waals surface area (Å²) in [6.45, 7) is 0. The fraction of sp³-hybridized carbons (Fsp3) is 0. The second kappa shape index (κ2) is 11.3. The topological polar surface area (TPSA) is 240 Å². The van der Waals surface area contributed by atoms with Crippen LogP contribution < -0.4 is 59.1 Å². The number of benzene rings is 3. The van der Waals surface area contributed by atoms with E-state index in [0.29, 0.717) is 6.07 Å². The van der Waals surface area contributed by atoms with Gasteiger partial charge in [0.2, 0.25) is 0 Å². The summed E-state index contributed by atoms with van der Waals surface area (Å²) >= 11 is 0. The number of hydrogen-bond donors (Lipinski definition) is 3. The number of aromatic hydroxyl groups is 1. The van der Waals surface area contributed by atoms with E-state index in [4.69, 9.17) is 4.55 Å². The first kappa shape index (κ1) is 31.0. The van der Waals surface area contributed by atoms with E-state index < -0.39 is 68.4 Å². The van der Waals surface area contributed by atoms with Gasteiger partial charge in [0.1, 0.15) is 10.6 Å². The largest absolute Gasteiger partial charge is 1.00 e. The van der Waals surface area contributed by atoms with Crippen LogP contribution >= 0.6 is 0 Å². The Morgan fingerprint density at radius 3 is 1.97 bits per heavy atom. The number of phenols is 1. The molecule has 0 amide bonds. The van der Waals surface area contributed by atoms with Gasteiger partial charge in [-0.15, -0.1) is 10.2 Å². The minimum absolute atomic E-state index is 0. The van der Waals surface area contributed by atoms with Crippen LogP contribution in [0.15, 0.2) is 62.5 Å². The van der Waals surface area contributed by atoms with Crippen molar-refractivity contribution in [3.63, 3.8) is 0 Å². The van der Waals surface area contributed by atoms with E-state index in [1.807, 2.05) is 0 Å². The van der Waals surface area contributed by atoms with E-state index in [-0.39, 0.29) is 72.7 Å².